The van der Waals surface area contributed by atoms with E-state index in [-0.39, 0.29) is 11.8 Å². The predicted octanol–water partition coefficient (Wildman–Crippen LogP) is 2.74. The molecule has 6 nitrogen and oxygen atoms in total. The van der Waals surface area contributed by atoms with Crippen LogP contribution in [-0.2, 0) is 11.8 Å². The number of benzene rings is 1. The van der Waals surface area contributed by atoms with Crippen molar-refractivity contribution >= 4 is 11.9 Å². The van der Waals surface area contributed by atoms with E-state index >= 15 is 0 Å². The van der Waals surface area contributed by atoms with Gasteiger partial charge in [-0.1, -0.05) is 44.2 Å². The third-order valence-corrected chi connectivity index (χ3v) is 4.06. The second kappa shape index (κ2) is 7.29. The zero-order valence-corrected chi connectivity index (χ0v) is 14.4. The second-order valence-corrected chi connectivity index (χ2v) is 6.22. The van der Waals surface area contributed by atoms with Crippen molar-refractivity contribution in [3.63, 3.8) is 0 Å². The summed E-state index contributed by atoms with van der Waals surface area (Å²) in [6.45, 7) is 5.59. The summed E-state index contributed by atoms with van der Waals surface area (Å²) >= 11 is 0. The number of nitrogens with one attached hydrogen (secondary N) is 1. The number of amides is 1. The Hall–Kier alpha value is -2.63. The standard InChI is InChI=1S/C18H23N3O3/c1-11(2)14-10-15(21(4)20-14)17(22)19-16(12(3)18(23)24)13-8-6-5-7-9-13/h5-12,16H,1-4H3,(H,19,22)(H,23,24). The van der Waals surface area contributed by atoms with E-state index in [1.54, 1.807) is 20.0 Å². The zero-order valence-electron chi connectivity index (χ0n) is 14.4. The van der Waals surface area contributed by atoms with Gasteiger partial charge >= 0.3 is 5.97 Å². The molecule has 1 amide bonds. The van der Waals surface area contributed by atoms with Crippen LogP contribution in [0.5, 0.6) is 0 Å². The van der Waals surface area contributed by atoms with E-state index in [4.69, 9.17) is 0 Å². The molecule has 2 rings (SSSR count). The number of aromatic nitrogens is 2. The Kier molecular flexibility index (Phi) is 5.39. The van der Waals surface area contributed by atoms with Crippen LogP contribution >= 0.6 is 0 Å². The van der Waals surface area contributed by atoms with Gasteiger partial charge in [0.1, 0.15) is 5.69 Å². The highest BCUT2D eigenvalue weighted by Gasteiger charge is 2.28. The maximum atomic E-state index is 12.6. The van der Waals surface area contributed by atoms with Gasteiger partial charge < -0.3 is 10.4 Å². The van der Waals surface area contributed by atoms with Gasteiger partial charge in [-0.15, -0.1) is 0 Å². The Morgan fingerprint density at radius 3 is 2.29 bits per heavy atom. The van der Waals surface area contributed by atoms with E-state index in [0.717, 1.165) is 11.3 Å². The number of carbonyl (C=O) groups excluding carboxylic acids is 1. The lowest BCUT2D eigenvalue weighted by atomic mass is 9.94. The lowest BCUT2D eigenvalue weighted by molar-refractivity contribution is -0.142. The van der Waals surface area contributed by atoms with Gasteiger partial charge in [-0.25, -0.2) is 0 Å². The Bertz CT molecular complexity index is 722. The Morgan fingerprint density at radius 2 is 1.79 bits per heavy atom. The normalized spacial score (nSPS) is 13.5. The first-order valence-corrected chi connectivity index (χ1v) is 7.93. The van der Waals surface area contributed by atoms with Crippen molar-refractivity contribution in [2.24, 2.45) is 13.0 Å². The highest BCUT2D eigenvalue weighted by Crippen LogP contribution is 2.23. The second-order valence-electron chi connectivity index (χ2n) is 6.22. The summed E-state index contributed by atoms with van der Waals surface area (Å²) in [4.78, 5) is 24.1. The molecule has 1 aromatic heterocycles. The van der Waals surface area contributed by atoms with Gasteiger partial charge in [0, 0.05) is 7.05 Å². The minimum atomic E-state index is -0.961. The predicted molar refractivity (Wildman–Crippen MR) is 90.7 cm³/mol. The van der Waals surface area contributed by atoms with Gasteiger partial charge in [-0.2, -0.15) is 5.10 Å². The van der Waals surface area contributed by atoms with Crippen LogP contribution in [0.15, 0.2) is 36.4 Å². The third kappa shape index (κ3) is 3.82. The number of rotatable bonds is 6. The lowest BCUT2D eigenvalue weighted by Crippen LogP contribution is -2.36. The highest BCUT2D eigenvalue weighted by molar-refractivity contribution is 5.93. The fourth-order valence-electron chi connectivity index (χ4n) is 2.50. The Balaban J connectivity index is 2.29. The maximum absolute atomic E-state index is 12.6. The average molecular weight is 329 g/mol. The van der Waals surface area contributed by atoms with Crippen molar-refractivity contribution in [3.8, 4) is 0 Å². The fourth-order valence-corrected chi connectivity index (χ4v) is 2.50. The van der Waals surface area contributed by atoms with E-state index in [1.807, 2.05) is 44.2 Å². The molecule has 0 fully saturated rings. The Labute approximate surface area is 141 Å². The zero-order chi connectivity index (χ0) is 17.9. The van der Waals surface area contributed by atoms with Crippen LogP contribution in [0, 0.1) is 5.92 Å². The molecule has 6 heteroatoms. The lowest BCUT2D eigenvalue weighted by Gasteiger charge is -2.22. The van der Waals surface area contributed by atoms with Crippen molar-refractivity contribution in [1.82, 2.24) is 15.1 Å². The van der Waals surface area contributed by atoms with Crippen LogP contribution in [-0.4, -0.2) is 26.8 Å². The molecular formula is C18H23N3O3. The number of hydrogen-bond donors (Lipinski definition) is 2. The fraction of sp³-hybridized carbons (Fsp3) is 0.389. The number of aliphatic carboxylic acids is 1. The van der Waals surface area contributed by atoms with Crippen molar-refractivity contribution in [3.05, 3.63) is 53.3 Å². The number of nitrogens with zero attached hydrogens (tertiary/aromatic N) is 2. The molecule has 0 aliphatic rings. The number of hydrogen-bond acceptors (Lipinski definition) is 3. The maximum Gasteiger partial charge on any atom is 0.308 e. The molecule has 2 atom stereocenters. The summed E-state index contributed by atoms with van der Waals surface area (Å²) in [6.07, 6.45) is 0. The van der Waals surface area contributed by atoms with E-state index in [1.165, 1.54) is 4.68 Å². The smallest absolute Gasteiger partial charge is 0.308 e. The minimum Gasteiger partial charge on any atom is -0.481 e. The monoisotopic (exact) mass is 329 g/mol. The van der Waals surface area contributed by atoms with Crippen molar-refractivity contribution in [2.75, 3.05) is 0 Å². The first kappa shape index (κ1) is 17.7. The molecule has 0 spiro atoms. The molecular weight excluding hydrogens is 306 g/mol. The van der Waals surface area contributed by atoms with Gasteiger partial charge in [0.2, 0.25) is 0 Å². The first-order valence-electron chi connectivity index (χ1n) is 7.93. The molecule has 2 N–H and O–H groups in total. The van der Waals surface area contributed by atoms with Gasteiger partial charge in [0.15, 0.2) is 0 Å². The van der Waals surface area contributed by atoms with E-state index < -0.39 is 17.9 Å². The molecule has 2 unspecified atom stereocenters. The van der Waals surface area contributed by atoms with Gasteiger partial charge in [0.05, 0.1) is 17.7 Å². The van der Waals surface area contributed by atoms with Crippen LogP contribution in [0.3, 0.4) is 0 Å². The molecule has 128 valence electrons. The Morgan fingerprint density at radius 1 is 1.17 bits per heavy atom. The molecule has 24 heavy (non-hydrogen) atoms. The molecule has 0 aliphatic carbocycles. The van der Waals surface area contributed by atoms with Crippen LogP contribution in [0.25, 0.3) is 0 Å². The average Bonchev–Trinajstić information content (AvgIpc) is 2.94. The van der Waals surface area contributed by atoms with Crippen LogP contribution in [0.4, 0.5) is 0 Å². The van der Waals surface area contributed by atoms with E-state index in [0.29, 0.717) is 5.69 Å². The number of carboxylic acids is 1. The van der Waals surface area contributed by atoms with Crippen molar-refractivity contribution in [1.29, 1.82) is 0 Å². The van der Waals surface area contributed by atoms with Gasteiger partial charge in [-0.05, 0) is 24.5 Å². The number of carboxylic acid groups (broad SMARTS) is 1. The summed E-state index contributed by atoms with van der Waals surface area (Å²) < 4.78 is 1.53. The van der Waals surface area contributed by atoms with Gasteiger partial charge in [-0.3, -0.25) is 14.3 Å². The van der Waals surface area contributed by atoms with E-state index in [2.05, 4.69) is 10.4 Å². The van der Waals surface area contributed by atoms with Crippen LogP contribution < -0.4 is 5.32 Å². The quantitative estimate of drug-likeness (QED) is 0.853. The summed E-state index contributed by atoms with van der Waals surface area (Å²) in [7, 11) is 1.71. The van der Waals surface area contributed by atoms with Crippen molar-refractivity contribution in [2.45, 2.75) is 32.7 Å². The summed E-state index contributed by atoms with van der Waals surface area (Å²) in [6, 6.07) is 10.2. The molecule has 0 saturated heterocycles. The number of aryl methyl sites for hydroxylation is 1. The molecule has 0 aliphatic heterocycles. The summed E-state index contributed by atoms with van der Waals surface area (Å²) in [5.74, 6) is -1.84. The minimum absolute atomic E-state index is 0.209. The molecule has 0 saturated carbocycles. The SMILES string of the molecule is CC(C)c1cc(C(=O)NC(c2ccccc2)C(C)C(=O)O)n(C)n1. The molecule has 0 bridgehead atoms. The van der Waals surface area contributed by atoms with Crippen LogP contribution in [0.2, 0.25) is 0 Å². The van der Waals surface area contributed by atoms with Gasteiger partial charge in [0.25, 0.3) is 5.91 Å². The molecule has 2 aromatic rings. The van der Waals surface area contributed by atoms with Crippen molar-refractivity contribution < 1.29 is 14.7 Å². The molecule has 1 aromatic carbocycles. The topological polar surface area (TPSA) is 84.2 Å². The first-order chi connectivity index (χ1) is 11.3. The summed E-state index contributed by atoms with van der Waals surface area (Å²) in [5.41, 5.74) is 1.99. The third-order valence-electron chi connectivity index (χ3n) is 4.06. The highest BCUT2D eigenvalue weighted by atomic mass is 16.4. The summed E-state index contributed by atoms with van der Waals surface area (Å²) in [5, 5.41) is 16.5. The molecule has 1 heterocycles. The number of carbonyl (C=O) groups is 2. The van der Waals surface area contributed by atoms with Crippen LogP contribution in [0.1, 0.15) is 54.5 Å². The largest absolute Gasteiger partial charge is 0.481 e. The molecule has 0 radical (unpaired) electrons. The van der Waals surface area contributed by atoms with E-state index in [9.17, 15) is 14.7 Å².